The molecular weight excluding hydrogens is 358 g/mol. The summed E-state index contributed by atoms with van der Waals surface area (Å²) in [6.45, 7) is 8.53. The highest BCUT2D eigenvalue weighted by atomic mass is 15.2. The van der Waals surface area contributed by atoms with Crippen LogP contribution in [0.15, 0.2) is 37.1 Å². The lowest BCUT2D eigenvalue weighted by Gasteiger charge is -2.31. The van der Waals surface area contributed by atoms with E-state index in [1.165, 1.54) is 24.1 Å². The summed E-state index contributed by atoms with van der Waals surface area (Å²) in [6, 6.07) is 4.65. The number of fused-ring (bicyclic) bond motifs is 1. The molecule has 5 heteroatoms. The minimum atomic E-state index is 0.336. The highest BCUT2D eigenvalue weighted by molar-refractivity contribution is 5.46. The van der Waals surface area contributed by atoms with Gasteiger partial charge in [0.25, 0.3) is 0 Å². The third-order valence-corrected chi connectivity index (χ3v) is 5.72. The highest BCUT2D eigenvalue weighted by Gasteiger charge is 2.26. The number of hydrogen-bond acceptors (Lipinski definition) is 4. The molecule has 5 nitrogen and oxygen atoms in total. The van der Waals surface area contributed by atoms with Crippen molar-refractivity contribution in [1.29, 1.82) is 0 Å². The van der Waals surface area contributed by atoms with E-state index in [1.807, 2.05) is 19.2 Å². The zero-order chi connectivity index (χ0) is 20.5. The Kier molecular flexibility index (Phi) is 8.20. The van der Waals surface area contributed by atoms with Gasteiger partial charge in [-0.05, 0) is 69.8 Å². The van der Waals surface area contributed by atoms with E-state index in [4.69, 9.17) is 15.7 Å². The van der Waals surface area contributed by atoms with Gasteiger partial charge >= 0.3 is 0 Å². The molecule has 3 rings (SSSR count). The zero-order valence-corrected chi connectivity index (χ0v) is 17.7. The smallest absolute Gasteiger partial charge is 0.121 e. The quantitative estimate of drug-likeness (QED) is 0.352. The summed E-state index contributed by atoms with van der Waals surface area (Å²) in [5, 5.41) is 0. The Morgan fingerprint density at radius 3 is 3.03 bits per heavy atom. The molecule has 2 heterocycles. The number of aromatic nitrogens is 3. The molecule has 2 aromatic rings. The van der Waals surface area contributed by atoms with Gasteiger partial charge in [0.2, 0.25) is 0 Å². The fourth-order valence-corrected chi connectivity index (χ4v) is 4.21. The van der Waals surface area contributed by atoms with Crippen molar-refractivity contribution in [3.63, 3.8) is 0 Å². The molecule has 0 saturated heterocycles. The van der Waals surface area contributed by atoms with E-state index in [1.54, 1.807) is 0 Å². The molecule has 0 saturated carbocycles. The van der Waals surface area contributed by atoms with Gasteiger partial charge in [-0.2, -0.15) is 0 Å². The van der Waals surface area contributed by atoms with Crippen molar-refractivity contribution in [2.24, 2.45) is 5.73 Å². The fraction of sp³-hybridized carbons (Fsp3) is 0.500. The van der Waals surface area contributed by atoms with E-state index in [9.17, 15) is 0 Å². The summed E-state index contributed by atoms with van der Waals surface area (Å²) in [5.41, 5.74) is 10.5. The maximum absolute atomic E-state index is 5.77. The van der Waals surface area contributed by atoms with Crippen LogP contribution in [0.2, 0.25) is 0 Å². The molecule has 2 aromatic heterocycles. The minimum absolute atomic E-state index is 0.336. The fourth-order valence-electron chi connectivity index (χ4n) is 4.21. The molecule has 1 aliphatic rings. The van der Waals surface area contributed by atoms with Crippen molar-refractivity contribution in [3.05, 3.63) is 65.5 Å². The number of H-pyrrole nitrogens is 1. The van der Waals surface area contributed by atoms with Crippen LogP contribution in [-0.2, 0) is 19.4 Å². The number of allylic oxidation sites excluding steroid dienone is 2. The van der Waals surface area contributed by atoms with Crippen LogP contribution >= 0.6 is 0 Å². The van der Waals surface area contributed by atoms with Gasteiger partial charge in [-0.1, -0.05) is 31.2 Å². The van der Waals surface area contributed by atoms with Crippen molar-refractivity contribution < 1.29 is 0 Å². The van der Waals surface area contributed by atoms with Crippen LogP contribution in [0.5, 0.6) is 0 Å². The van der Waals surface area contributed by atoms with Gasteiger partial charge in [0, 0.05) is 12.6 Å². The second-order valence-corrected chi connectivity index (χ2v) is 7.80. The van der Waals surface area contributed by atoms with Crippen LogP contribution in [0.4, 0.5) is 0 Å². The summed E-state index contributed by atoms with van der Waals surface area (Å²) in [7, 11) is 0. The number of imidazole rings is 1. The molecule has 0 bridgehead atoms. The Balaban J connectivity index is 1.86. The third kappa shape index (κ3) is 5.64. The third-order valence-electron chi connectivity index (χ3n) is 5.72. The van der Waals surface area contributed by atoms with Crippen LogP contribution in [0.3, 0.4) is 0 Å². The number of hydrogen-bond donors (Lipinski definition) is 2. The van der Waals surface area contributed by atoms with Gasteiger partial charge in [-0.25, -0.2) is 4.98 Å². The Bertz CT molecular complexity index is 807. The Labute approximate surface area is 175 Å². The Morgan fingerprint density at radius 1 is 1.34 bits per heavy atom. The van der Waals surface area contributed by atoms with Gasteiger partial charge in [0.15, 0.2) is 0 Å². The van der Waals surface area contributed by atoms with E-state index < -0.39 is 0 Å². The SMILES string of the molecule is C=Cc1[nH]c(CN(CCCCN)C2CCCCc3cccnc32)nc1C/C=C\C. The first kappa shape index (κ1) is 21.5. The average molecular weight is 394 g/mol. The minimum Gasteiger partial charge on any atom is -0.341 e. The molecular formula is C24H35N5. The summed E-state index contributed by atoms with van der Waals surface area (Å²) in [5.74, 6) is 1.01. The first-order valence-electron chi connectivity index (χ1n) is 11.0. The van der Waals surface area contributed by atoms with Crippen LogP contribution in [0.1, 0.15) is 73.5 Å². The Hall–Kier alpha value is -2.24. The van der Waals surface area contributed by atoms with Crippen LogP contribution < -0.4 is 5.73 Å². The maximum Gasteiger partial charge on any atom is 0.121 e. The molecule has 0 fully saturated rings. The first-order chi connectivity index (χ1) is 14.3. The second kappa shape index (κ2) is 11.1. The van der Waals surface area contributed by atoms with E-state index in [0.717, 1.165) is 69.0 Å². The maximum atomic E-state index is 5.77. The van der Waals surface area contributed by atoms with E-state index >= 15 is 0 Å². The molecule has 0 radical (unpaired) electrons. The molecule has 29 heavy (non-hydrogen) atoms. The second-order valence-electron chi connectivity index (χ2n) is 7.80. The number of nitrogens with zero attached hydrogens (tertiary/aromatic N) is 3. The first-order valence-corrected chi connectivity index (χ1v) is 11.0. The van der Waals surface area contributed by atoms with E-state index in [0.29, 0.717) is 6.04 Å². The van der Waals surface area contributed by atoms with Gasteiger partial charge in [-0.15, -0.1) is 0 Å². The molecule has 0 spiro atoms. The van der Waals surface area contributed by atoms with Crippen molar-refractivity contribution in [1.82, 2.24) is 19.9 Å². The number of pyridine rings is 1. The average Bonchev–Trinajstić information content (AvgIpc) is 3.00. The molecule has 3 N–H and O–H groups in total. The summed E-state index contributed by atoms with van der Waals surface area (Å²) < 4.78 is 0. The molecule has 0 aromatic carbocycles. The lowest BCUT2D eigenvalue weighted by molar-refractivity contribution is 0.167. The largest absolute Gasteiger partial charge is 0.341 e. The van der Waals surface area contributed by atoms with Crippen LogP contribution in [0, 0.1) is 0 Å². The van der Waals surface area contributed by atoms with Gasteiger partial charge in [0.1, 0.15) is 5.82 Å². The summed E-state index contributed by atoms with van der Waals surface area (Å²) >= 11 is 0. The molecule has 156 valence electrons. The van der Waals surface area contributed by atoms with E-state index in [-0.39, 0.29) is 0 Å². The molecule has 1 unspecified atom stereocenters. The standard InChI is InChI=1S/C24H35N5/c1-3-5-13-21-20(4-2)27-23(28-21)18-29(17-9-8-15-25)22-14-7-6-11-19-12-10-16-26-24(19)22/h3-5,10,12,16,22H,2,6-9,11,13-15,17-18,25H2,1H3,(H,27,28)/b5-3-. The number of aryl methyl sites for hydroxylation is 1. The Morgan fingerprint density at radius 2 is 2.24 bits per heavy atom. The van der Waals surface area contributed by atoms with Crippen molar-refractivity contribution in [2.75, 3.05) is 13.1 Å². The lowest BCUT2D eigenvalue weighted by Crippen LogP contribution is -2.31. The number of nitrogens with two attached hydrogens (primary N) is 1. The molecule has 1 aliphatic carbocycles. The molecule has 0 amide bonds. The molecule has 1 atom stereocenters. The number of aromatic amines is 1. The predicted octanol–water partition coefficient (Wildman–Crippen LogP) is 4.57. The van der Waals surface area contributed by atoms with Gasteiger partial charge in [-0.3, -0.25) is 9.88 Å². The summed E-state index contributed by atoms with van der Waals surface area (Å²) in [6.07, 6.45) is 15.7. The van der Waals surface area contributed by atoms with Crippen molar-refractivity contribution >= 4 is 6.08 Å². The van der Waals surface area contributed by atoms with Crippen LogP contribution in [0.25, 0.3) is 6.08 Å². The van der Waals surface area contributed by atoms with Crippen molar-refractivity contribution in [3.8, 4) is 0 Å². The van der Waals surface area contributed by atoms with Gasteiger partial charge in [0.05, 0.1) is 29.7 Å². The van der Waals surface area contributed by atoms with Crippen molar-refractivity contribution in [2.45, 2.75) is 64.5 Å². The van der Waals surface area contributed by atoms with E-state index in [2.05, 4.69) is 40.7 Å². The topological polar surface area (TPSA) is 70.8 Å². The predicted molar refractivity (Wildman–Crippen MR) is 120 cm³/mol. The number of nitrogens with one attached hydrogen (secondary N) is 1. The number of rotatable bonds is 10. The normalized spacial score (nSPS) is 16.9. The van der Waals surface area contributed by atoms with Gasteiger partial charge < -0.3 is 10.7 Å². The lowest BCUT2D eigenvalue weighted by atomic mass is 10.0. The van der Waals surface area contributed by atoms with Crippen LogP contribution in [-0.4, -0.2) is 32.9 Å². The highest BCUT2D eigenvalue weighted by Crippen LogP contribution is 2.33. The molecule has 0 aliphatic heterocycles. The zero-order valence-electron chi connectivity index (χ0n) is 17.7. The summed E-state index contributed by atoms with van der Waals surface area (Å²) in [4.78, 5) is 15.7. The number of unbranched alkanes of at least 4 members (excludes halogenated alkanes) is 1. The monoisotopic (exact) mass is 393 g/mol.